The largest absolute Gasteiger partial charge is 0.256 e. The number of nitrogens with zero attached hydrogens (tertiary/aromatic N) is 1. The van der Waals surface area contributed by atoms with Gasteiger partial charge in [-0.2, -0.15) is 0 Å². The fourth-order valence-corrected chi connectivity index (χ4v) is 2.00. The molecule has 0 atom stereocenters. The molecule has 1 nitrogen and oxygen atoms in total. The molecular formula is C17H17N. The molecule has 1 heterocycles. The van der Waals surface area contributed by atoms with Gasteiger partial charge in [-0.15, -0.1) is 0 Å². The lowest BCUT2D eigenvalue weighted by Crippen LogP contribution is -1.89. The van der Waals surface area contributed by atoms with Gasteiger partial charge < -0.3 is 0 Å². The molecule has 0 saturated carbocycles. The van der Waals surface area contributed by atoms with Crippen LogP contribution >= 0.6 is 0 Å². The second kappa shape index (κ2) is 5.46. The van der Waals surface area contributed by atoms with Crippen LogP contribution in [0.3, 0.4) is 0 Å². The van der Waals surface area contributed by atoms with E-state index in [0.29, 0.717) is 0 Å². The van der Waals surface area contributed by atoms with Gasteiger partial charge in [-0.25, -0.2) is 0 Å². The van der Waals surface area contributed by atoms with E-state index in [9.17, 15) is 0 Å². The number of fused-ring (bicyclic) bond motifs is 1. The van der Waals surface area contributed by atoms with Gasteiger partial charge in [-0.05, 0) is 48.7 Å². The lowest BCUT2D eigenvalue weighted by atomic mass is 9.97. The SMILES string of the molecule is C=C/C(=C\C=C/C)c1cc2cccnc2cc1C. The molecule has 1 aromatic heterocycles. The number of allylic oxidation sites excluding steroid dienone is 5. The van der Waals surface area contributed by atoms with Gasteiger partial charge in [-0.3, -0.25) is 4.98 Å². The van der Waals surface area contributed by atoms with Crippen LogP contribution in [-0.2, 0) is 0 Å². The summed E-state index contributed by atoms with van der Waals surface area (Å²) in [5.41, 5.74) is 4.60. The number of pyridine rings is 1. The van der Waals surface area contributed by atoms with Crippen molar-refractivity contribution in [1.29, 1.82) is 0 Å². The number of aryl methyl sites for hydroxylation is 1. The van der Waals surface area contributed by atoms with E-state index in [0.717, 1.165) is 16.5 Å². The highest BCUT2D eigenvalue weighted by Gasteiger charge is 2.04. The number of benzene rings is 1. The van der Waals surface area contributed by atoms with Crippen molar-refractivity contribution in [2.24, 2.45) is 0 Å². The molecule has 90 valence electrons. The molecule has 0 N–H and O–H groups in total. The predicted molar refractivity (Wildman–Crippen MR) is 79.5 cm³/mol. The summed E-state index contributed by atoms with van der Waals surface area (Å²) in [6.45, 7) is 8.01. The van der Waals surface area contributed by atoms with Crippen LogP contribution in [0.4, 0.5) is 0 Å². The minimum atomic E-state index is 1.04. The minimum absolute atomic E-state index is 1.04. The van der Waals surface area contributed by atoms with E-state index in [1.165, 1.54) is 11.1 Å². The Labute approximate surface area is 108 Å². The van der Waals surface area contributed by atoms with E-state index in [1.807, 2.05) is 37.4 Å². The third-order valence-electron chi connectivity index (χ3n) is 2.95. The molecule has 0 fully saturated rings. The summed E-state index contributed by atoms with van der Waals surface area (Å²) in [5, 5.41) is 1.16. The Bertz CT molecular complexity index is 633. The Morgan fingerprint density at radius 3 is 2.89 bits per heavy atom. The lowest BCUT2D eigenvalue weighted by molar-refractivity contribution is 1.37. The highest BCUT2D eigenvalue weighted by molar-refractivity contribution is 5.87. The molecule has 2 aromatic rings. The third kappa shape index (κ3) is 2.40. The molecular weight excluding hydrogens is 218 g/mol. The van der Waals surface area contributed by atoms with Crippen molar-refractivity contribution in [3.05, 3.63) is 72.5 Å². The van der Waals surface area contributed by atoms with E-state index in [2.05, 4.69) is 42.8 Å². The summed E-state index contributed by atoms with van der Waals surface area (Å²) in [7, 11) is 0. The summed E-state index contributed by atoms with van der Waals surface area (Å²) in [5.74, 6) is 0. The third-order valence-corrected chi connectivity index (χ3v) is 2.95. The van der Waals surface area contributed by atoms with Crippen molar-refractivity contribution in [1.82, 2.24) is 4.98 Å². The Balaban J connectivity index is 2.63. The smallest absolute Gasteiger partial charge is 0.0705 e. The van der Waals surface area contributed by atoms with Crippen molar-refractivity contribution in [2.45, 2.75) is 13.8 Å². The van der Waals surface area contributed by atoms with Gasteiger partial charge in [0.2, 0.25) is 0 Å². The molecule has 0 bridgehead atoms. The van der Waals surface area contributed by atoms with Crippen molar-refractivity contribution in [2.75, 3.05) is 0 Å². The van der Waals surface area contributed by atoms with E-state index < -0.39 is 0 Å². The Morgan fingerprint density at radius 1 is 1.33 bits per heavy atom. The summed E-state index contributed by atoms with van der Waals surface area (Å²) in [6, 6.07) is 8.35. The average Bonchev–Trinajstić information content (AvgIpc) is 2.40. The van der Waals surface area contributed by atoms with Crippen LogP contribution in [0.15, 0.2) is 61.3 Å². The van der Waals surface area contributed by atoms with E-state index in [1.54, 1.807) is 0 Å². The van der Waals surface area contributed by atoms with Gasteiger partial charge in [0.1, 0.15) is 0 Å². The van der Waals surface area contributed by atoms with Crippen molar-refractivity contribution < 1.29 is 0 Å². The summed E-state index contributed by atoms with van der Waals surface area (Å²) in [6.07, 6.45) is 9.85. The molecule has 0 radical (unpaired) electrons. The normalized spacial score (nSPS) is 12.2. The van der Waals surface area contributed by atoms with Crippen molar-refractivity contribution in [3.8, 4) is 0 Å². The standard InChI is InChI=1S/C17H17N/c1-4-6-8-14(5-2)16-12-15-9-7-10-18-17(15)11-13(16)3/h4-12H,2H2,1,3H3/b6-4-,14-8+. The molecule has 0 spiro atoms. The van der Waals surface area contributed by atoms with Gasteiger partial charge in [0.05, 0.1) is 5.52 Å². The molecule has 1 heteroatoms. The van der Waals surface area contributed by atoms with Gasteiger partial charge >= 0.3 is 0 Å². The van der Waals surface area contributed by atoms with Gasteiger partial charge in [0.25, 0.3) is 0 Å². The first-order chi connectivity index (χ1) is 8.76. The predicted octanol–water partition coefficient (Wildman–Crippen LogP) is 4.69. The zero-order valence-electron chi connectivity index (χ0n) is 10.9. The monoisotopic (exact) mass is 235 g/mol. The zero-order chi connectivity index (χ0) is 13.0. The zero-order valence-corrected chi connectivity index (χ0v) is 10.9. The first kappa shape index (κ1) is 12.3. The van der Waals surface area contributed by atoms with Crippen LogP contribution in [0.5, 0.6) is 0 Å². The molecule has 1 aromatic carbocycles. The van der Waals surface area contributed by atoms with Crippen LogP contribution in [-0.4, -0.2) is 4.98 Å². The number of hydrogen-bond acceptors (Lipinski definition) is 1. The van der Waals surface area contributed by atoms with Crippen molar-refractivity contribution in [3.63, 3.8) is 0 Å². The summed E-state index contributed by atoms with van der Waals surface area (Å²) >= 11 is 0. The van der Waals surface area contributed by atoms with Gasteiger partial charge in [-0.1, -0.05) is 36.9 Å². The van der Waals surface area contributed by atoms with Crippen LogP contribution in [0.1, 0.15) is 18.1 Å². The van der Waals surface area contributed by atoms with Gasteiger partial charge in [0, 0.05) is 11.6 Å². The Morgan fingerprint density at radius 2 is 2.17 bits per heavy atom. The molecule has 0 unspecified atom stereocenters. The summed E-state index contributed by atoms with van der Waals surface area (Å²) in [4.78, 5) is 4.37. The first-order valence-corrected chi connectivity index (χ1v) is 6.07. The van der Waals surface area contributed by atoms with Crippen LogP contribution < -0.4 is 0 Å². The quantitative estimate of drug-likeness (QED) is 0.703. The van der Waals surface area contributed by atoms with E-state index in [4.69, 9.17) is 0 Å². The summed E-state index contributed by atoms with van der Waals surface area (Å²) < 4.78 is 0. The van der Waals surface area contributed by atoms with Gasteiger partial charge in [0.15, 0.2) is 0 Å². The number of rotatable bonds is 3. The Kier molecular flexibility index (Phi) is 3.73. The fourth-order valence-electron chi connectivity index (χ4n) is 2.00. The van der Waals surface area contributed by atoms with E-state index in [-0.39, 0.29) is 0 Å². The maximum absolute atomic E-state index is 4.37. The highest BCUT2D eigenvalue weighted by atomic mass is 14.6. The number of hydrogen-bond donors (Lipinski definition) is 0. The van der Waals surface area contributed by atoms with Crippen LogP contribution in [0, 0.1) is 6.92 Å². The molecule has 0 saturated heterocycles. The van der Waals surface area contributed by atoms with Crippen LogP contribution in [0.25, 0.3) is 16.5 Å². The van der Waals surface area contributed by atoms with E-state index >= 15 is 0 Å². The molecule has 0 aliphatic rings. The topological polar surface area (TPSA) is 12.9 Å². The molecule has 18 heavy (non-hydrogen) atoms. The number of aromatic nitrogens is 1. The first-order valence-electron chi connectivity index (χ1n) is 6.07. The maximum atomic E-state index is 4.37. The highest BCUT2D eigenvalue weighted by Crippen LogP contribution is 2.24. The second-order valence-electron chi connectivity index (χ2n) is 4.22. The Hall–Kier alpha value is -2.15. The molecule has 0 aliphatic heterocycles. The lowest BCUT2D eigenvalue weighted by Gasteiger charge is -2.08. The molecule has 0 aliphatic carbocycles. The average molecular weight is 235 g/mol. The van der Waals surface area contributed by atoms with Crippen LogP contribution in [0.2, 0.25) is 0 Å². The molecule has 0 amide bonds. The fraction of sp³-hybridized carbons (Fsp3) is 0.118. The molecule has 2 rings (SSSR count). The van der Waals surface area contributed by atoms with Crippen molar-refractivity contribution >= 4 is 16.5 Å². The minimum Gasteiger partial charge on any atom is -0.256 e. The maximum Gasteiger partial charge on any atom is 0.0705 e. The second-order valence-corrected chi connectivity index (χ2v) is 4.22.